The number of hydrogen-bond acceptors (Lipinski definition) is 6. The zero-order chi connectivity index (χ0) is 14.3. The molecule has 0 spiro atoms. The van der Waals surface area contributed by atoms with Gasteiger partial charge in [0, 0.05) is 12.6 Å². The molecule has 2 aromatic rings. The summed E-state index contributed by atoms with van der Waals surface area (Å²) in [5.41, 5.74) is 5.10. The molecule has 2 aromatic heterocycles. The Labute approximate surface area is 115 Å². The highest BCUT2D eigenvalue weighted by Gasteiger charge is 2.46. The molecule has 0 saturated carbocycles. The minimum Gasteiger partial charge on any atom is -0.394 e. The van der Waals surface area contributed by atoms with E-state index in [1.807, 2.05) is 0 Å². The average Bonchev–Trinajstić information content (AvgIpc) is 3.01. The van der Waals surface area contributed by atoms with Gasteiger partial charge in [-0.15, -0.1) is 6.58 Å². The Bertz CT molecular complexity index is 656. The predicted octanol–water partition coefficient (Wildman–Crippen LogP) is 0.210. The molecule has 7 heteroatoms. The van der Waals surface area contributed by atoms with E-state index in [0.29, 0.717) is 16.9 Å². The van der Waals surface area contributed by atoms with Crippen LogP contribution in [-0.2, 0) is 4.74 Å². The van der Waals surface area contributed by atoms with Crippen LogP contribution in [-0.4, -0.2) is 43.1 Å². The highest BCUT2D eigenvalue weighted by Crippen LogP contribution is 2.40. The summed E-state index contributed by atoms with van der Waals surface area (Å²) in [7, 11) is 0. The van der Waals surface area contributed by atoms with Gasteiger partial charge in [-0.05, 0) is 6.07 Å². The molecule has 0 radical (unpaired) electrons. The summed E-state index contributed by atoms with van der Waals surface area (Å²) in [4.78, 5) is 8.11. The molecule has 1 saturated heterocycles. The first-order valence-corrected chi connectivity index (χ1v) is 6.28. The summed E-state index contributed by atoms with van der Waals surface area (Å²) in [5, 5.41) is 20.5. The van der Waals surface area contributed by atoms with Crippen molar-refractivity contribution in [2.75, 3.05) is 12.3 Å². The van der Waals surface area contributed by atoms with Crippen molar-refractivity contribution in [3.8, 4) is 0 Å². The summed E-state index contributed by atoms with van der Waals surface area (Å²) >= 11 is 0. The number of anilines is 1. The van der Waals surface area contributed by atoms with Gasteiger partial charge in [0.2, 0.25) is 0 Å². The maximum absolute atomic E-state index is 10.6. The Morgan fingerprint density at radius 3 is 3.10 bits per heavy atom. The molecule has 3 rings (SSSR count). The number of fused-ring (bicyclic) bond motifs is 1. The summed E-state index contributed by atoms with van der Waals surface area (Å²) < 4.78 is 7.39. The molecule has 1 aliphatic rings. The quantitative estimate of drug-likeness (QED) is 0.692. The Morgan fingerprint density at radius 2 is 2.40 bits per heavy atom. The van der Waals surface area contributed by atoms with Crippen molar-refractivity contribution < 1.29 is 14.9 Å². The Kier molecular flexibility index (Phi) is 2.97. The Hall–Kier alpha value is -1.96. The molecule has 7 nitrogen and oxygen atoms in total. The van der Waals surface area contributed by atoms with E-state index >= 15 is 0 Å². The van der Waals surface area contributed by atoms with Crippen LogP contribution >= 0.6 is 0 Å². The molecule has 4 N–H and O–H groups in total. The van der Waals surface area contributed by atoms with Crippen LogP contribution in [0.4, 0.5) is 5.82 Å². The highest BCUT2D eigenvalue weighted by molar-refractivity contribution is 5.86. The molecule has 3 atom stereocenters. The van der Waals surface area contributed by atoms with Crippen molar-refractivity contribution in [1.29, 1.82) is 0 Å². The van der Waals surface area contributed by atoms with E-state index in [4.69, 9.17) is 10.5 Å². The van der Waals surface area contributed by atoms with E-state index in [-0.39, 0.29) is 13.0 Å². The molecule has 20 heavy (non-hydrogen) atoms. The number of hydrogen-bond donors (Lipinski definition) is 3. The maximum Gasteiger partial charge on any atom is 0.168 e. The molecule has 0 bridgehead atoms. The number of nitrogens with two attached hydrogens (primary N) is 1. The molecule has 1 aliphatic heterocycles. The monoisotopic (exact) mass is 276 g/mol. The highest BCUT2D eigenvalue weighted by atomic mass is 16.5. The lowest BCUT2D eigenvalue weighted by Crippen LogP contribution is -2.33. The van der Waals surface area contributed by atoms with Crippen molar-refractivity contribution >= 4 is 16.9 Å². The second kappa shape index (κ2) is 4.55. The summed E-state index contributed by atoms with van der Waals surface area (Å²) in [6.07, 6.45) is 3.65. The molecule has 0 aliphatic carbocycles. The van der Waals surface area contributed by atoms with Crippen molar-refractivity contribution in [2.24, 2.45) is 0 Å². The number of ether oxygens (including phenoxy) is 1. The van der Waals surface area contributed by atoms with E-state index in [1.54, 1.807) is 16.8 Å². The maximum atomic E-state index is 10.6. The van der Waals surface area contributed by atoms with Crippen molar-refractivity contribution in [3.05, 3.63) is 31.2 Å². The van der Waals surface area contributed by atoms with Gasteiger partial charge in [-0.25, -0.2) is 9.97 Å². The van der Waals surface area contributed by atoms with Gasteiger partial charge in [-0.2, -0.15) is 0 Å². The third-order valence-electron chi connectivity index (χ3n) is 3.65. The van der Waals surface area contributed by atoms with E-state index in [2.05, 4.69) is 16.5 Å². The topological polar surface area (TPSA) is 106 Å². The number of nitrogens with zero attached hydrogens (tertiary/aromatic N) is 3. The predicted molar refractivity (Wildman–Crippen MR) is 72.7 cm³/mol. The first-order chi connectivity index (χ1) is 9.59. The van der Waals surface area contributed by atoms with Crippen LogP contribution in [0.3, 0.4) is 0 Å². The van der Waals surface area contributed by atoms with E-state index in [0.717, 1.165) is 0 Å². The van der Waals surface area contributed by atoms with Gasteiger partial charge < -0.3 is 25.3 Å². The summed E-state index contributed by atoms with van der Waals surface area (Å²) in [5.74, 6) is 0.368. The molecular weight excluding hydrogens is 260 g/mol. The largest absolute Gasteiger partial charge is 0.394 e. The first-order valence-electron chi connectivity index (χ1n) is 6.28. The third-order valence-corrected chi connectivity index (χ3v) is 3.65. The number of aromatic nitrogens is 3. The SMILES string of the molecule is C=C[C@]1(O)C[C@@H](CO)O[C@H]1n1ccc2c(N)ncnc21. The summed E-state index contributed by atoms with van der Waals surface area (Å²) in [6.45, 7) is 3.49. The normalized spacial score (nSPS) is 29.9. The number of aliphatic hydroxyl groups excluding tert-OH is 1. The van der Waals surface area contributed by atoms with Crippen molar-refractivity contribution in [1.82, 2.24) is 14.5 Å². The molecule has 3 heterocycles. The second-order valence-corrected chi connectivity index (χ2v) is 4.91. The second-order valence-electron chi connectivity index (χ2n) is 4.91. The van der Waals surface area contributed by atoms with Crippen LogP contribution in [0.1, 0.15) is 12.6 Å². The molecule has 0 amide bonds. The first kappa shape index (κ1) is 13.0. The number of aliphatic hydroxyl groups is 2. The lowest BCUT2D eigenvalue weighted by Gasteiger charge is -2.26. The molecular formula is C13H16N4O3. The Morgan fingerprint density at radius 1 is 1.60 bits per heavy atom. The van der Waals surface area contributed by atoms with Gasteiger partial charge in [0.25, 0.3) is 0 Å². The zero-order valence-electron chi connectivity index (χ0n) is 10.8. The van der Waals surface area contributed by atoms with Crippen LogP contribution < -0.4 is 5.73 Å². The number of rotatable bonds is 3. The van der Waals surface area contributed by atoms with Crippen molar-refractivity contribution in [2.45, 2.75) is 24.4 Å². The molecule has 0 unspecified atom stereocenters. The van der Waals surface area contributed by atoms with Gasteiger partial charge in [-0.1, -0.05) is 6.08 Å². The minimum absolute atomic E-state index is 0.164. The average molecular weight is 276 g/mol. The van der Waals surface area contributed by atoms with Crippen LogP contribution in [0.25, 0.3) is 11.0 Å². The fourth-order valence-corrected chi connectivity index (χ4v) is 2.59. The fourth-order valence-electron chi connectivity index (χ4n) is 2.59. The van der Waals surface area contributed by atoms with E-state index < -0.39 is 17.9 Å². The van der Waals surface area contributed by atoms with Crippen LogP contribution in [0.5, 0.6) is 0 Å². The Balaban J connectivity index is 2.10. The third kappa shape index (κ3) is 1.79. The van der Waals surface area contributed by atoms with E-state index in [9.17, 15) is 10.2 Å². The van der Waals surface area contributed by atoms with Gasteiger partial charge in [0.1, 0.15) is 23.4 Å². The minimum atomic E-state index is -1.26. The lowest BCUT2D eigenvalue weighted by molar-refractivity contribution is -0.0730. The van der Waals surface area contributed by atoms with Crippen LogP contribution in [0.15, 0.2) is 31.2 Å². The summed E-state index contributed by atoms with van der Waals surface area (Å²) in [6, 6.07) is 1.77. The zero-order valence-corrected chi connectivity index (χ0v) is 10.8. The lowest BCUT2D eigenvalue weighted by atomic mass is 9.98. The van der Waals surface area contributed by atoms with E-state index in [1.165, 1.54) is 12.4 Å². The van der Waals surface area contributed by atoms with Gasteiger partial charge in [-0.3, -0.25) is 0 Å². The standard InChI is InChI=1S/C13H16N4O3/c1-2-13(19)5-8(6-18)20-12(13)17-4-3-9-10(14)15-7-16-11(9)17/h2-4,7-8,12,18-19H,1,5-6H2,(H2,14,15,16)/t8-,12+,13-/m0/s1. The van der Waals surface area contributed by atoms with Crippen LogP contribution in [0, 0.1) is 0 Å². The molecule has 0 aromatic carbocycles. The van der Waals surface area contributed by atoms with Gasteiger partial charge in [0.15, 0.2) is 6.23 Å². The van der Waals surface area contributed by atoms with Gasteiger partial charge >= 0.3 is 0 Å². The van der Waals surface area contributed by atoms with Crippen molar-refractivity contribution in [3.63, 3.8) is 0 Å². The number of nitrogen functional groups attached to an aromatic ring is 1. The molecule has 106 valence electrons. The van der Waals surface area contributed by atoms with Crippen LogP contribution in [0.2, 0.25) is 0 Å². The smallest absolute Gasteiger partial charge is 0.168 e. The molecule has 1 fully saturated rings. The fraction of sp³-hybridized carbons (Fsp3) is 0.385. The van der Waals surface area contributed by atoms with Gasteiger partial charge in [0.05, 0.1) is 18.1 Å².